The molecular formula is C29H30N8O5. The van der Waals surface area contributed by atoms with Crippen LogP contribution >= 0.6 is 0 Å². The zero-order valence-corrected chi connectivity index (χ0v) is 23.3. The molecule has 0 radical (unpaired) electrons. The van der Waals surface area contributed by atoms with Crippen LogP contribution in [0.1, 0.15) is 42.9 Å². The number of anilines is 4. The van der Waals surface area contributed by atoms with E-state index in [-0.39, 0.29) is 31.6 Å². The molecule has 0 spiro atoms. The fourth-order valence-electron chi connectivity index (χ4n) is 4.41. The molecule has 3 N–H and O–H groups in total. The van der Waals surface area contributed by atoms with Gasteiger partial charge in [-0.05, 0) is 51.1 Å². The molecule has 1 atom stereocenters. The molecule has 3 aromatic heterocycles. The summed E-state index contributed by atoms with van der Waals surface area (Å²) < 4.78 is 5.67. The Hall–Kier alpha value is -5.33. The molecule has 0 unspecified atom stereocenters. The quantitative estimate of drug-likeness (QED) is 0.260. The number of carbonyl (C=O) groups excluding carboxylic acids is 2. The summed E-state index contributed by atoms with van der Waals surface area (Å²) in [6, 6.07) is 14.0. The summed E-state index contributed by atoms with van der Waals surface area (Å²) in [6.07, 6.45) is 1.46. The van der Waals surface area contributed by atoms with Gasteiger partial charge in [-0.15, -0.1) is 0 Å². The maximum absolute atomic E-state index is 12.6. The highest BCUT2D eigenvalue weighted by Gasteiger charge is 2.28. The second-order valence-electron chi connectivity index (χ2n) is 10.0. The number of benzene rings is 1. The highest BCUT2D eigenvalue weighted by Crippen LogP contribution is 2.28. The van der Waals surface area contributed by atoms with E-state index in [0.29, 0.717) is 45.4 Å². The lowest BCUT2D eigenvalue weighted by atomic mass is 10.1. The molecule has 1 saturated heterocycles. The third kappa shape index (κ3) is 6.35. The number of rotatable bonds is 8. The zero-order chi connectivity index (χ0) is 29.8. The first-order chi connectivity index (χ1) is 20.2. The van der Waals surface area contributed by atoms with Gasteiger partial charge in [-0.2, -0.15) is 0 Å². The molecule has 1 aliphatic heterocycles. The fourth-order valence-corrected chi connectivity index (χ4v) is 4.41. The van der Waals surface area contributed by atoms with Gasteiger partial charge in [0, 0.05) is 30.7 Å². The predicted octanol–water partition coefficient (Wildman–Crippen LogP) is 4.23. The van der Waals surface area contributed by atoms with Gasteiger partial charge in [-0.3, -0.25) is 9.69 Å². The summed E-state index contributed by atoms with van der Waals surface area (Å²) in [7, 11) is 0. The first kappa shape index (κ1) is 28.2. The Kier molecular flexibility index (Phi) is 8.09. The van der Waals surface area contributed by atoms with E-state index in [1.807, 2.05) is 19.9 Å². The molecule has 4 aromatic rings. The molecule has 0 aliphatic carbocycles. The monoisotopic (exact) mass is 570 g/mol. The predicted molar refractivity (Wildman–Crippen MR) is 156 cm³/mol. The molecule has 216 valence electrons. The van der Waals surface area contributed by atoms with Gasteiger partial charge >= 0.3 is 12.1 Å². The molecule has 13 nitrogen and oxygen atoms in total. The van der Waals surface area contributed by atoms with E-state index in [2.05, 4.69) is 25.6 Å². The largest absolute Gasteiger partial charge is 0.465 e. The summed E-state index contributed by atoms with van der Waals surface area (Å²) in [6.45, 7) is 6.01. The number of nitrogens with one attached hydrogen (secondary N) is 2. The van der Waals surface area contributed by atoms with Crippen molar-refractivity contribution in [1.82, 2.24) is 24.8 Å². The summed E-state index contributed by atoms with van der Waals surface area (Å²) in [5.74, 6) is 0.514. The number of hydrogen-bond acceptors (Lipinski definition) is 10. The minimum Gasteiger partial charge on any atom is -0.465 e. The molecule has 5 rings (SSSR count). The van der Waals surface area contributed by atoms with Crippen LogP contribution < -0.4 is 15.5 Å². The normalized spacial score (nSPS) is 14.1. The molecule has 2 amide bonds. The number of carbonyl (C=O) groups is 3. The minimum absolute atomic E-state index is 0.0544. The van der Waals surface area contributed by atoms with Crippen LogP contribution in [0, 0.1) is 0 Å². The molecule has 42 heavy (non-hydrogen) atoms. The number of ether oxygens (including phenoxy) is 1. The topological polar surface area (TPSA) is 163 Å². The van der Waals surface area contributed by atoms with Crippen molar-refractivity contribution in [2.24, 2.45) is 0 Å². The van der Waals surface area contributed by atoms with Crippen LogP contribution in [0.15, 0.2) is 60.9 Å². The van der Waals surface area contributed by atoms with E-state index < -0.39 is 18.2 Å². The van der Waals surface area contributed by atoms with Gasteiger partial charge in [0.05, 0.1) is 23.1 Å². The second-order valence-corrected chi connectivity index (χ2v) is 10.0. The van der Waals surface area contributed by atoms with E-state index in [0.717, 1.165) is 4.90 Å². The van der Waals surface area contributed by atoms with Gasteiger partial charge < -0.3 is 25.4 Å². The summed E-state index contributed by atoms with van der Waals surface area (Å²) in [4.78, 5) is 56.9. The molecule has 0 bridgehead atoms. The third-order valence-electron chi connectivity index (χ3n) is 6.51. The molecule has 4 heterocycles. The van der Waals surface area contributed by atoms with Crippen molar-refractivity contribution in [2.75, 3.05) is 35.2 Å². The fraction of sp³-hybridized carbons (Fsp3) is 0.276. The average Bonchev–Trinajstić information content (AvgIpc) is 2.97. The summed E-state index contributed by atoms with van der Waals surface area (Å²) in [5.41, 5.74) is 2.15. The van der Waals surface area contributed by atoms with E-state index in [1.165, 1.54) is 11.1 Å². The van der Waals surface area contributed by atoms with Gasteiger partial charge in [-0.1, -0.05) is 18.2 Å². The molecule has 1 fully saturated rings. The van der Waals surface area contributed by atoms with Crippen LogP contribution in [0.2, 0.25) is 0 Å². The first-order valence-electron chi connectivity index (χ1n) is 13.4. The number of carboxylic acid groups (broad SMARTS) is 1. The number of fused-ring (bicyclic) bond motifs is 1. The van der Waals surface area contributed by atoms with Crippen molar-refractivity contribution in [1.29, 1.82) is 0 Å². The molecule has 13 heteroatoms. The SMILES string of the molecule is CC(C)Nc1nc([C@@H](C)OC(=O)c2ccccc2)cc2cnc(Nc3ccc(N4CCN(C(=O)O)CC4=O)cn3)nc12. The van der Waals surface area contributed by atoms with E-state index in [4.69, 9.17) is 14.8 Å². The van der Waals surface area contributed by atoms with Gasteiger partial charge in [0.1, 0.15) is 24.0 Å². The molecule has 0 saturated carbocycles. The highest BCUT2D eigenvalue weighted by atomic mass is 16.5. The maximum Gasteiger partial charge on any atom is 0.407 e. The van der Waals surface area contributed by atoms with Gasteiger partial charge in [0.2, 0.25) is 11.9 Å². The van der Waals surface area contributed by atoms with E-state index in [9.17, 15) is 14.4 Å². The number of pyridine rings is 2. The Morgan fingerprint density at radius 3 is 2.45 bits per heavy atom. The van der Waals surface area contributed by atoms with Gasteiger partial charge in [-0.25, -0.2) is 29.5 Å². The van der Waals surface area contributed by atoms with E-state index >= 15 is 0 Å². The van der Waals surface area contributed by atoms with Crippen LogP contribution in [-0.4, -0.2) is 73.6 Å². The molecule has 1 aromatic carbocycles. The first-order valence-corrected chi connectivity index (χ1v) is 13.4. The Morgan fingerprint density at radius 2 is 1.79 bits per heavy atom. The summed E-state index contributed by atoms with van der Waals surface area (Å²) in [5, 5.41) is 16.2. The van der Waals surface area contributed by atoms with Gasteiger partial charge in [0.15, 0.2) is 5.82 Å². The zero-order valence-electron chi connectivity index (χ0n) is 23.3. The lowest BCUT2D eigenvalue weighted by Crippen LogP contribution is -2.52. The lowest BCUT2D eigenvalue weighted by molar-refractivity contribution is -0.120. The van der Waals surface area contributed by atoms with Crippen molar-refractivity contribution < 1.29 is 24.2 Å². The van der Waals surface area contributed by atoms with Crippen LogP contribution in [0.5, 0.6) is 0 Å². The molecular weight excluding hydrogens is 540 g/mol. The van der Waals surface area contributed by atoms with Crippen molar-refractivity contribution in [2.45, 2.75) is 32.9 Å². The Balaban J connectivity index is 1.34. The average molecular weight is 571 g/mol. The minimum atomic E-state index is -1.12. The second kappa shape index (κ2) is 12.0. The van der Waals surface area contributed by atoms with Crippen molar-refractivity contribution in [3.8, 4) is 0 Å². The Morgan fingerprint density at radius 1 is 1.00 bits per heavy atom. The number of hydrogen-bond donors (Lipinski definition) is 3. The van der Waals surface area contributed by atoms with Gasteiger partial charge in [0.25, 0.3) is 0 Å². The van der Waals surface area contributed by atoms with Crippen LogP contribution in [0.3, 0.4) is 0 Å². The van der Waals surface area contributed by atoms with Crippen LogP contribution in [0.4, 0.5) is 28.1 Å². The smallest absolute Gasteiger partial charge is 0.407 e. The number of amides is 2. The maximum atomic E-state index is 12.6. The van der Waals surface area contributed by atoms with Crippen molar-refractivity contribution in [3.05, 3.63) is 72.2 Å². The number of esters is 1. The summed E-state index contributed by atoms with van der Waals surface area (Å²) >= 11 is 0. The van der Waals surface area contributed by atoms with Crippen LogP contribution in [-0.2, 0) is 9.53 Å². The van der Waals surface area contributed by atoms with Crippen molar-refractivity contribution in [3.63, 3.8) is 0 Å². The van der Waals surface area contributed by atoms with E-state index in [1.54, 1.807) is 55.6 Å². The third-order valence-corrected chi connectivity index (χ3v) is 6.51. The standard InChI is InChI=1S/C29H30N8O5/c1-17(2)32-26-25-20(13-22(33-26)18(3)42-27(39)19-7-5-4-6-8-19)14-31-28(35-25)34-23-10-9-21(15-30-23)37-12-11-36(29(40)41)16-24(37)38/h4-10,13-15,17-18H,11-12,16H2,1-3H3,(H,32,33)(H,40,41)(H,30,31,34,35)/t18-/m1/s1. The lowest BCUT2D eigenvalue weighted by Gasteiger charge is -2.32. The molecule has 1 aliphatic rings. The number of aromatic nitrogens is 4. The van der Waals surface area contributed by atoms with Crippen molar-refractivity contribution >= 4 is 52.1 Å². The highest BCUT2D eigenvalue weighted by molar-refractivity contribution is 5.97. The number of nitrogens with zero attached hydrogens (tertiary/aromatic N) is 6. The Bertz CT molecular complexity index is 1610. The number of piperazine rings is 1. The van der Waals surface area contributed by atoms with Crippen LogP contribution in [0.25, 0.3) is 10.9 Å². The Labute approximate surface area is 241 Å².